The van der Waals surface area contributed by atoms with E-state index in [9.17, 15) is 18.0 Å². The summed E-state index contributed by atoms with van der Waals surface area (Å²) < 4.78 is 28.6. The summed E-state index contributed by atoms with van der Waals surface area (Å²) in [7, 11) is -4.19. The molecule has 0 radical (unpaired) electrons. The number of rotatable bonds is 10. The number of halogens is 2. The van der Waals surface area contributed by atoms with Crippen molar-refractivity contribution in [1.82, 2.24) is 10.2 Å². The largest absolute Gasteiger partial charge is 0.352 e. The molecular weight excluding hydrogens is 569 g/mol. The van der Waals surface area contributed by atoms with Gasteiger partial charge in [-0.25, -0.2) is 8.42 Å². The highest BCUT2D eigenvalue weighted by atomic mass is 35.5. The number of nitrogens with one attached hydrogen (secondary N) is 1. The third-order valence-electron chi connectivity index (χ3n) is 7.06. The molecule has 1 aliphatic carbocycles. The maximum Gasteiger partial charge on any atom is 0.264 e. The average molecular weight is 603 g/mol. The van der Waals surface area contributed by atoms with Crippen molar-refractivity contribution in [2.75, 3.05) is 10.8 Å². The fourth-order valence-electron chi connectivity index (χ4n) is 4.86. The zero-order chi connectivity index (χ0) is 28.7. The lowest BCUT2D eigenvalue weighted by molar-refractivity contribution is -0.139. The van der Waals surface area contributed by atoms with Crippen LogP contribution in [0.5, 0.6) is 0 Å². The maximum atomic E-state index is 14.0. The number of hydrogen-bond acceptors (Lipinski definition) is 4. The quantitative estimate of drug-likeness (QED) is 0.306. The van der Waals surface area contributed by atoms with Gasteiger partial charge in [-0.05, 0) is 55.7 Å². The van der Waals surface area contributed by atoms with Crippen LogP contribution < -0.4 is 9.62 Å². The second kappa shape index (κ2) is 13.5. The number of benzene rings is 3. The van der Waals surface area contributed by atoms with E-state index in [1.807, 2.05) is 30.3 Å². The number of sulfonamides is 1. The van der Waals surface area contributed by atoms with Crippen LogP contribution in [0.1, 0.15) is 44.6 Å². The molecule has 10 heteroatoms. The summed E-state index contributed by atoms with van der Waals surface area (Å²) in [6, 6.07) is 20.8. The lowest BCUT2D eigenvalue weighted by atomic mass is 9.95. The number of amides is 2. The smallest absolute Gasteiger partial charge is 0.264 e. The average Bonchev–Trinajstić information content (AvgIpc) is 2.95. The summed E-state index contributed by atoms with van der Waals surface area (Å²) in [4.78, 5) is 28.8. The van der Waals surface area contributed by atoms with Crippen LogP contribution in [-0.4, -0.2) is 43.8 Å². The Morgan fingerprint density at radius 1 is 0.900 bits per heavy atom. The van der Waals surface area contributed by atoms with Gasteiger partial charge in [-0.3, -0.25) is 13.9 Å². The molecule has 0 heterocycles. The molecule has 1 saturated carbocycles. The highest BCUT2D eigenvalue weighted by Gasteiger charge is 2.33. The molecule has 0 bridgehead atoms. The molecule has 1 aliphatic rings. The summed E-state index contributed by atoms with van der Waals surface area (Å²) in [6.07, 6.45) is 5.08. The van der Waals surface area contributed by atoms with Crippen LogP contribution in [-0.2, 0) is 26.2 Å². The molecule has 1 N–H and O–H groups in total. The Balaban J connectivity index is 1.68. The van der Waals surface area contributed by atoms with Crippen molar-refractivity contribution in [3.63, 3.8) is 0 Å². The van der Waals surface area contributed by atoms with Gasteiger partial charge in [0.05, 0.1) is 10.6 Å². The fourth-order valence-corrected chi connectivity index (χ4v) is 6.80. The molecule has 1 atom stereocenters. The van der Waals surface area contributed by atoms with Gasteiger partial charge in [0.15, 0.2) is 0 Å². The van der Waals surface area contributed by atoms with Crippen molar-refractivity contribution in [1.29, 1.82) is 0 Å². The fraction of sp³-hybridized carbons (Fsp3) is 0.333. The molecule has 40 heavy (non-hydrogen) atoms. The zero-order valence-corrected chi connectivity index (χ0v) is 24.6. The number of carbonyl (C=O) groups excluding carboxylic acids is 2. The first kappa shape index (κ1) is 29.9. The Morgan fingerprint density at radius 3 is 2.08 bits per heavy atom. The van der Waals surface area contributed by atoms with Crippen molar-refractivity contribution in [2.24, 2.45) is 0 Å². The third kappa shape index (κ3) is 7.56. The van der Waals surface area contributed by atoms with Gasteiger partial charge in [-0.15, -0.1) is 0 Å². The Kier molecular flexibility index (Phi) is 10.1. The Morgan fingerprint density at radius 2 is 1.48 bits per heavy atom. The van der Waals surface area contributed by atoms with E-state index < -0.39 is 28.5 Å². The van der Waals surface area contributed by atoms with Gasteiger partial charge < -0.3 is 10.2 Å². The Hall–Kier alpha value is -3.07. The Labute approximate surface area is 246 Å². The van der Waals surface area contributed by atoms with Crippen molar-refractivity contribution in [2.45, 2.75) is 62.6 Å². The van der Waals surface area contributed by atoms with E-state index >= 15 is 0 Å². The second-order valence-corrected chi connectivity index (χ2v) is 12.7. The summed E-state index contributed by atoms with van der Waals surface area (Å²) in [5.41, 5.74) is 0.963. The SMILES string of the molecule is C[C@@H](C(=O)NC1CCCCC1)N(Cc1ccccc1)C(=O)CN(c1cc(Cl)cc(Cl)c1)S(=O)(=O)c1ccccc1. The van der Waals surface area contributed by atoms with Gasteiger partial charge in [-0.2, -0.15) is 0 Å². The number of nitrogens with zero attached hydrogens (tertiary/aromatic N) is 2. The van der Waals surface area contributed by atoms with E-state index in [0.717, 1.165) is 42.0 Å². The molecule has 212 valence electrons. The first-order valence-electron chi connectivity index (χ1n) is 13.3. The minimum Gasteiger partial charge on any atom is -0.352 e. The van der Waals surface area contributed by atoms with Crippen molar-refractivity contribution >= 4 is 50.7 Å². The van der Waals surface area contributed by atoms with E-state index in [2.05, 4.69) is 5.32 Å². The molecule has 3 aromatic carbocycles. The highest BCUT2D eigenvalue weighted by Crippen LogP contribution is 2.30. The van der Waals surface area contributed by atoms with Crippen LogP contribution in [0.3, 0.4) is 0 Å². The molecule has 4 rings (SSSR count). The molecule has 2 amide bonds. The Bertz CT molecular complexity index is 1400. The minimum absolute atomic E-state index is 0.0107. The second-order valence-electron chi connectivity index (χ2n) is 9.98. The predicted octanol–water partition coefficient (Wildman–Crippen LogP) is 6.05. The summed E-state index contributed by atoms with van der Waals surface area (Å²) >= 11 is 12.5. The lowest BCUT2D eigenvalue weighted by Gasteiger charge is -2.33. The standard InChI is InChI=1S/C30H33Cl2N3O4S/c1-22(30(37)33-26-13-7-3-8-14-26)34(20-23-11-5-2-6-12-23)29(36)21-35(27-18-24(31)17-25(32)19-27)40(38,39)28-15-9-4-10-16-28/h2,4-6,9-12,15-19,22,26H,3,7-8,13-14,20-21H2,1H3,(H,33,37)/t22-/m0/s1. The molecule has 0 unspecified atom stereocenters. The van der Waals surface area contributed by atoms with E-state index in [-0.39, 0.29) is 39.1 Å². The van der Waals surface area contributed by atoms with E-state index in [0.29, 0.717) is 0 Å². The predicted molar refractivity (Wildman–Crippen MR) is 159 cm³/mol. The van der Waals surface area contributed by atoms with Crippen LogP contribution in [0.2, 0.25) is 10.0 Å². The van der Waals surface area contributed by atoms with Crippen LogP contribution in [0.4, 0.5) is 5.69 Å². The van der Waals surface area contributed by atoms with Gasteiger partial charge in [0.25, 0.3) is 10.0 Å². The number of carbonyl (C=O) groups is 2. The van der Waals surface area contributed by atoms with Crippen LogP contribution in [0, 0.1) is 0 Å². The number of anilines is 1. The van der Waals surface area contributed by atoms with Crippen molar-refractivity contribution in [3.05, 3.63) is 94.5 Å². The monoisotopic (exact) mass is 601 g/mol. The molecule has 0 spiro atoms. The topological polar surface area (TPSA) is 86.8 Å². The molecule has 7 nitrogen and oxygen atoms in total. The van der Waals surface area contributed by atoms with Gasteiger partial charge in [0.1, 0.15) is 12.6 Å². The van der Waals surface area contributed by atoms with E-state index in [1.165, 1.54) is 35.2 Å². The molecular formula is C30H33Cl2N3O4S. The minimum atomic E-state index is -4.19. The highest BCUT2D eigenvalue weighted by molar-refractivity contribution is 7.92. The first-order chi connectivity index (χ1) is 19.1. The zero-order valence-electron chi connectivity index (χ0n) is 22.3. The first-order valence-corrected chi connectivity index (χ1v) is 15.5. The van der Waals surface area contributed by atoms with Crippen LogP contribution in [0.25, 0.3) is 0 Å². The van der Waals surface area contributed by atoms with Gasteiger partial charge in [0, 0.05) is 22.6 Å². The maximum absolute atomic E-state index is 14.0. The molecule has 0 aliphatic heterocycles. The number of hydrogen-bond donors (Lipinski definition) is 1. The summed E-state index contributed by atoms with van der Waals surface area (Å²) in [5.74, 6) is -0.801. The third-order valence-corrected chi connectivity index (χ3v) is 9.28. The normalized spacial score (nSPS) is 14.8. The summed E-state index contributed by atoms with van der Waals surface area (Å²) in [5, 5.41) is 3.55. The van der Waals surface area contributed by atoms with Gasteiger partial charge >= 0.3 is 0 Å². The molecule has 1 fully saturated rings. The molecule has 3 aromatic rings. The van der Waals surface area contributed by atoms with Crippen molar-refractivity contribution < 1.29 is 18.0 Å². The van der Waals surface area contributed by atoms with Gasteiger partial charge in [0.2, 0.25) is 11.8 Å². The molecule has 0 saturated heterocycles. The molecule has 0 aromatic heterocycles. The summed E-state index contributed by atoms with van der Waals surface area (Å²) in [6.45, 7) is 1.25. The van der Waals surface area contributed by atoms with Crippen LogP contribution >= 0.6 is 23.2 Å². The van der Waals surface area contributed by atoms with Crippen molar-refractivity contribution in [3.8, 4) is 0 Å². The van der Waals surface area contributed by atoms with Crippen LogP contribution in [0.15, 0.2) is 83.8 Å². The lowest BCUT2D eigenvalue weighted by Crippen LogP contribution is -2.53. The van der Waals surface area contributed by atoms with E-state index in [4.69, 9.17) is 23.2 Å². The van der Waals surface area contributed by atoms with Gasteiger partial charge in [-0.1, -0.05) is 91.0 Å². The van der Waals surface area contributed by atoms with E-state index in [1.54, 1.807) is 25.1 Å².